The molecule has 1 aromatic carbocycles. The summed E-state index contributed by atoms with van der Waals surface area (Å²) < 4.78 is 7.04. The molecular formula is C31H41N7O5. The van der Waals surface area contributed by atoms with E-state index >= 15 is 0 Å². The SMILES string of the molecule is CCOc1ccc(CNC(=O)c2cc(C(=O)NC3CC/C=C/C(C(=O)O)C=CC/C=C/3C)n(NC)c(=NC)n2)cc1NC. The Hall–Kier alpha value is -4.87. The number of carboxylic acid groups (broad SMARTS) is 1. The number of allylic oxidation sites excluding steroid dienone is 3. The van der Waals surface area contributed by atoms with Gasteiger partial charge < -0.3 is 31.2 Å². The molecule has 2 aromatic rings. The van der Waals surface area contributed by atoms with Crippen LogP contribution in [0.3, 0.4) is 0 Å². The Morgan fingerprint density at radius 2 is 1.91 bits per heavy atom. The van der Waals surface area contributed by atoms with E-state index in [2.05, 4.69) is 31.4 Å². The van der Waals surface area contributed by atoms with E-state index in [1.54, 1.807) is 26.2 Å². The topological polar surface area (TPSA) is 159 Å². The van der Waals surface area contributed by atoms with Gasteiger partial charge in [-0.05, 0) is 50.8 Å². The summed E-state index contributed by atoms with van der Waals surface area (Å²) in [4.78, 5) is 46.9. The Kier molecular flexibility index (Phi) is 12.1. The summed E-state index contributed by atoms with van der Waals surface area (Å²) in [6.07, 6.45) is 10.6. The van der Waals surface area contributed by atoms with Gasteiger partial charge in [-0.15, -0.1) is 0 Å². The molecule has 230 valence electrons. The van der Waals surface area contributed by atoms with Crippen LogP contribution >= 0.6 is 0 Å². The van der Waals surface area contributed by atoms with Crippen molar-refractivity contribution in [2.45, 2.75) is 45.7 Å². The van der Waals surface area contributed by atoms with Gasteiger partial charge >= 0.3 is 5.97 Å². The van der Waals surface area contributed by atoms with E-state index < -0.39 is 23.7 Å². The molecule has 1 aromatic heterocycles. The average molecular weight is 592 g/mol. The molecule has 0 bridgehead atoms. The summed E-state index contributed by atoms with van der Waals surface area (Å²) in [5, 5.41) is 18.4. The summed E-state index contributed by atoms with van der Waals surface area (Å²) in [5.74, 6) is -1.76. The minimum atomic E-state index is -0.911. The number of carboxylic acids is 1. The maximum Gasteiger partial charge on any atom is 0.314 e. The van der Waals surface area contributed by atoms with E-state index in [0.717, 1.165) is 22.6 Å². The zero-order valence-corrected chi connectivity index (χ0v) is 25.3. The van der Waals surface area contributed by atoms with Gasteiger partial charge in [-0.25, -0.2) is 9.66 Å². The van der Waals surface area contributed by atoms with E-state index in [-0.39, 0.29) is 29.6 Å². The van der Waals surface area contributed by atoms with E-state index in [9.17, 15) is 19.5 Å². The van der Waals surface area contributed by atoms with Crippen molar-refractivity contribution in [3.63, 3.8) is 0 Å². The molecule has 0 fully saturated rings. The van der Waals surface area contributed by atoms with E-state index in [1.165, 1.54) is 17.8 Å². The highest BCUT2D eigenvalue weighted by atomic mass is 16.5. The third kappa shape index (κ3) is 8.81. The number of nitrogens with zero attached hydrogens (tertiary/aromatic N) is 3. The number of carbonyl (C=O) groups is 3. The second-order valence-electron chi connectivity index (χ2n) is 9.81. The van der Waals surface area contributed by atoms with Gasteiger partial charge in [0.2, 0.25) is 5.62 Å². The molecule has 0 saturated heterocycles. The first-order valence-electron chi connectivity index (χ1n) is 14.2. The second-order valence-corrected chi connectivity index (χ2v) is 9.81. The van der Waals surface area contributed by atoms with Crippen LogP contribution < -0.4 is 31.7 Å². The summed E-state index contributed by atoms with van der Waals surface area (Å²) in [5.41, 5.74) is 5.88. The van der Waals surface area contributed by atoms with Gasteiger partial charge in [0.25, 0.3) is 11.8 Å². The largest absolute Gasteiger partial charge is 0.492 e. The highest BCUT2D eigenvalue weighted by Crippen LogP contribution is 2.25. The molecule has 0 saturated carbocycles. The van der Waals surface area contributed by atoms with E-state index in [4.69, 9.17) is 4.74 Å². The number of anilines is 1. The summed E-state index contributed by atoms with van der Waals surface area (Å²) in [6.45, 7) is 4.62. The molecule has 5 N–H and O–H groups in total. The van der Waals surface area contributed by atoms with Gasteiger partial charge in [0.15, 0.2) is 0 Å². The Labute approximate surface area is 251 Å². The number of benzene rings is 1. The highest BCUT2D eigenvalue weighted by Gasteiger charge is 2.21. The van der Waals surface area contributed by atoms with Crippen LogP contribution in [0.2, 0.25) is 0 Å². The standard InChI is InChI=1S/C31H41N7O5/c1-6-43-27-16-15-21(17-24(27)32-3)19-35-28(39)25-18-26(38(34-5)31(33-4)37-25)29(40)36-23-14-10-9-13-22(30(41)42)12-8-7-11-20(23)2/h8-9,11-13,15-18,22-23,32,34H,6-7,10,14,19H2,1-5H3,(H,35,39)(H,36,40)(H,41,42)/b12-8?,13-9+,20-11+,33-31?. The first-order chi connectivity index (χ1) is 20.7. The molecule has 0 radical (unpaired) electrons. The molecule has 0 aliphatic heterocycles. The summed E-state index contributed by atoms with van der Waals surface area (Å²) in [6, 6.07) is 6.73. The Morgan fingerprint density at radius 3 is 2.58 bits per heavy atom. The first-order valence-corrected chi connectivity index (χ1v) is 14.2. The number of ether oxygens (including phenoxy) is 1. The van der Waals surface area contributed by atoms with Crippen LogP contribution in [0, 0.1) is 5.92 Å². The van der Waals surface area contributed by atoms with Gasteiger partial charge in [-0.3, -0.25) is 19.4 Å². The first kappa shape index (κ1) is 32.6. The van der Waals surface area contributed by atoms with Crippen LogP contribution in [-0.2, 0) is 11.3 Å². The number of aliphatic carboxylic acids is 1. The van der Waals surface area contributed by atoms with Gasteiger partial charge in [0.05, 0.1) is 24.3 Å². The van der Waals surface area contributed by atoms with Gasteiger partial charge in [0.1, 0.15) is 17.1 Å². The quantitative estimate of drug-likeness (QED) is 0.264. The highest BCUT2D eigenvalue weighted by molar-refractivity contribution is 5.97. The normalized spacial score (nSPS) is 19.3. The van der Waals surface area contributed by atoms with Crippen LogP contribution in [-0.4, -0.2) is 66.3 Å². The maximum absolute atomic E-state index is 13.6. The van der Waals surface area contributed by atoms with Crippen molar-refractivity contribution in [1.82, 2.24) is 20.3 Å². The number of nitrogens with one attached hydrogen (secondary N) is 4. The average Bonchev–Trinajstić information content (AvgIpc) is 3.05. The van der Waals surface area contributed by atoms with Gasteiger partial charge in [-0.1, -0.05) is 42.0 Å². The zero-order valence-electron chi connectivity index (χ0n) is 25.3. The minimum Gasteiger partial charge on any atom is -0.492 e. The lowest BCUT2D eigenvalue weighted by molar-refractivity contribution is -0.138. The fourth-order valence-electron chi connectivity index (χ4n) is 4.58. The molecular weight excluding hydrogens is 550 g/mol. The van der Waals surface area contributed by atoms with Crippen molar-refractivity contribution in [3.05, 3.63) is 82.8 Å². The number of hydrogen-bond acceptors (Lipinski definition) is 8. The monoisotopic (exact) mass is 591 g/mol. The number of carbonyl (C=O) groups excluding carboxylic acids is 2. The van der Waals surface area contributed by atoms with Gasteiger partial charge in [0, 0.05) is 33.8 Å². The van der Waals surface area contributed by atoms with Crippen molar-refractivity contribution < 1.29 is 24.2 Å². The van der Waals surface area contributed by atoms with Crippen molar-refractivity contribution in [2.75, 3.05) is 38.5 Å². The number of hydrogen-bond donors (Lipinski definition) is 5. The fourth-order valence-corrected chi connectivity index (χ4v) is 4.58. The van der Waals surface area contributed by atoms with Crippen LogP contribution in [0.15, 0.2) is 65.2 Å². The smallest absolute Gasteiger partial charge is 0.314 e. The van der Waals surface area contributed by atoms with Crippen molar-refractivity contribution in [2.24, 2.45) is 10.9 Å². The zero-order chi connectivity index (χ0) is 31.4. The lowest BCUT2D eigenvalue weighted by Crippen LogP contribution is -2.43. The number of rotatable bonds is 10. The summed E-state index contributed by atoms with van der Waals surface area (Å²) >= 11 is 0. The maximum atomic E-state index is 13.6. The van der Waals surface area contributed by atoms with Crippen LogP contribution in [0.1, 0.15) is 59.7 Å². The molecule has 1 aliphatic carbocycles. The van der Waals surface area contributed by atoms with Gasteiger partial charge in [-0.2, -0.15) is 0 Å². The molecule has 2 amide bonds. The predicted molar refractivity (Wildman–Crippen MR) is 166 cm³/mol. The third-order valence-corrected chi connectivity index (χ3v) is 6.91. The van der Waals surface area contributed by atoms with Crippen LogP contribution in [0.25, 0.3) is 0 Å². The Bertz CT molecular complexity index is 1480. The number of aromatic nitrogens is 2. The molecule has 0 spiro atoms. The summed E-state index contributed by atoms with van der Waals surface area (Å²) in [7, 11) is 4.96. The fraction of sp³-hybridized carbons (Fsp3) is 0.387. The molecule has 1 heterocycles. The molecule has 2 unspecified atom stereocenters. The molecule has 12 heteroatoms. The molecule has 3 rings (SSSR count). The van der Waals surface area contributed by atoms with Crippen molar-refractivity contribution in [3.8, 4) is 5.75 Å². The Morgan fingerprint density at radius 1 is 1.14 bits per heavy atom. The molecule has 1 aliphatic rings. The van der Waals surface area contributed by atoms with Crippen LogP contribution in [0.5, 0.6) is 5.75 Å². The molecule has 43 heavy (non-hydrogen) atoms. The molecule has 2 atom stereocenters. The minimum absolute atomic E-state index is 0.0412. The Balaban J connectivity index is 1.83. The lowest BCUT2D eigenvalue weighted by atomic mass is 10.0. The third-order valence-electron chi connectivity index (χ3n) is 6.91. The van der Waals surface area contributed by atoms with Crippen molar-refractivity contribution >= 4 is 23.5 Å². The predicted octanol–water partition coefficient (Wildman–Crippen LogP) is 3.00. The molecule has 12 nitrogen and oxygen atoms in total. The lowest BCUT2D eigenvalue weighted by Gasteiger charge is -2.21. The van der Waals surface area contributed by atoms with Crippen LogP contribution in [0.4, 0.5) is 5.69 Å². The van der Waals surface area contributed by atoms with Crippen molar-refractivity contribution in [1.29, 1.82) is 0 Å². The second kappa shape index (κ2) is 15.9. The van der Waals surface area contributed by atoms with E-state index in [1.807, 2.05) is 50.3 Å². The van der Waals surface area contributed by atoms with E-state index in [0.29, 0.717) is 25.9 Å². The number of amides is 2.